The van der Waals surface area contributed by atoms with Gasteiger partial charge in [-0.2, -0.15) is 0 Å². The van der Waals surface area contributed by atoms with Crippen molar-refractivity contribution in [3.8, 4) is 0 Å². The molecule has 2 fully saturated rings. The van der Waals surface area contributed by atoms with Gasteiger partial charge in [0.1, 0.15) is 0 Å². The number of ether oxygens (including phenoxy) is 1. The van der Waals surface area contributed by atoms with E-state index in [1.165, 1.54) is 77.0 Å². The van der Waals surface area contributed by atoms with Gasteiger partial charge >= 0.3 is 0 Å². The molecule has 0 saturated carbocycles. The fourth-order valence-corrected chi connectivity index (χ4v) is 2.96. The van der Waals surface area contributed by atoms with Crippen LogP contribution in [0.25, 0.3) is 0 Å². The average Bonchev–Trinajstić information content (AvgIpc) is 2.86. The maximum absolute atomic E-state index is 5.74. The van der Waals surface area contributed by atoms with Gasteiger partial charge in [0.05, 0.1) is 0 Å². The molecule has 0 aliphatic carbocycles. The molecule has 2 bridgehead atoms. The van der Waals surface area contributed by atoms with Crippen LogP contribution in [0, 0.1) is 0 Å². The molecule has 19 heavy (non-hydrogen) atoms. The normalized spacial score (nSPS) is 32.8. The third-order valence-electron chi connectivity index (χ3n) is 4.20. The molecule has 0 radical (unpaired) electrons. The molecule has 3 nitrogen and oxygen atoms in total. The maximum Gasteiger partial charge on any atom is 0.194 e. The summed E-state index contributed by atoms with van der Waals surface area (Å²) >= 11 is 0. The maximum atomic E-state index is 5.74. The second-order valence-electron chi connectivity index (χ2n) is 6.01. The molecule has 0 amide bonds. The number of rotatable bonds is 0. The van der Waals surface area contributed by atoms with Crippen molar-refractivity contribution in [2.45, 2.75) is 102 Å². The van der Waals surface area contributed by atoms with Crippen LogP contribution in [-0.4, -0.2) is 12.6 Å². The molecule has 0 spiro atoms. The van der Waals surface area contributed by atoms with E-state index >= 15 is 0 Å². The van der Waals surface area contributed by atoms with E-state index in [-0.39, 0.29) is 12.6 Å². The van der Waals surface area contributed by atoms with Crippen LogP contribution >= 0.6 is 0 Å². The van der Waals surface area contributed by atoms with Gasteiger partial charge in [-0.1, -0.05) is 64.2 Å². The number of hydrogen-bond acceptors (Lipinski definition) is 3. The molecule has 0 unspecified atom stereocenters. The Morgan fingerprint density at radius 1 is 0.421 bits per heavy atom. The molecule has 2 rings (SSSR count). The summed E-state index contributed by atoms with van der Waals surface area (Å²) in [4.78, 5) is 10.5. The smallest absolute Gasteiger partial charge is 0.194 e. The predicted octanol–water partition coefficient (Wildman–Crippen LogP) is 5.09. The molecule has 3 heteroatoms. The molecule has 112 valence electrons. The van der Waals surface area contributed by atoms with Gasteiger partial charge in [0.15, 0.2) is 12.6 Å². The van der Waals surface area contributed by atoms with Crippen LogP contribution < -0.4 is 0 Å². The summed E-state index contributed by atoms with van der Waals surface area (Å²) in [6, 6.07) is 0. The lowest BCUT2D eigenvalue weighted by Gasteiger charge is -2.08. The molecule has 0 aromatic carbocycles. The first-order valence-electron chi connectivity index (χ1n) is 8.43. The Bertz CT molecular complexity index is 198. The van der Waals surface area contributed by atoms with E-state index in [1.54, 1.807) is 0 Å². The lowest BCUT2D eigenvalue weighted by molar-refractivity contribution is -0.298. The van der Waals surface area contributed by atoms with Crippen LogP contribution in [0.5, 0.6) is 0 Å². The minimum atomic E-state index is -0.110. The highest BCUT2D eigenvalue weighted by molar-refractivity contribution is 4.56. The highest BCUT2D eigenvalue weighted by atomic mass is 17.3. The van der Waals surface area contributed by atoms with Crippen LogP contribution in [0.15, 0.2) is 0 Å². The molecular formula is C16H30O3. The highest BCUT2D eigenvalue weighted by Gasteiger charge is 2.26. The van der Waals surface area contributed by atoms with Crippen LogP contribution in [0.3, 0.4) is 0 Å². The zero-order valence-corrected chi connectivity index (χ0v) is 12.3. The van der Waals surface area contributed by atoms with Gasteiger partial charge in [-0.3, -0.25) is 0 Å². The Morgan fingerprint density at radius 3 is 1.11 bits per heavy atom. The summed E-state index contributed by atoms with van der Waals surface area (Å²) in [6.45, 7) is 0. The molecule has 0 aromatic rings. The zero-order chi connectivity index (χ0) is 13.2. The van der Waals surface area contributed by atoms with E-state index in [2.05, 4.69) is 0 Å². The minimum absolute atomic E-state index is 0.110. The van der Waals surface area contributed by atoms with Crippen molar-refractivity contribution in [1.29, 1.82) is 0 Å². The van der Waals surface area contributed by atoms with E-state index in [9.17, 15) is 0 Å². The molecular weight excluding hydrogens is 240 g/mol. The summed E-state index contributed by atoms with van der Waals surface area (Å²) in [5.74, 6) is 0. The van der Waals surface area contributed by atoms with E-state index in [0.717, 1.165) is 12.8 Å². The van der Waals surface area contributed by atoms with Crippen molar-refractivity contribution in [1.82, 2.24) is 0 Å². The number of fused-ring (bicyclic) bond motifs is 2. The average molecular weight is 270 g/mol. The second-order valence-corrected chi connectivity index (χ2v) is 6.01. The van der Waals surface area contributed by atoms with Gasteiger partial charge in [-0.25, -0.2) is 9.78 Å². The summed E-state index contributed by atoms with van der Waals surface area (Å²) in [6.07, 6.45) is 17.9. The fraction of sp³-hybridized carbons (Fsp3) is 1.00. The first-order chi connectivity index (χ1) is 9.45. The van der Waals surface area contributed by atoms with Gasteiger partial charge in [0.25, 0.3) is 0 Å². The van der Waals surface area contributed by atoms with Crippen LogP contribution in [0.2, 0.25) is 0 Å². The number of hydrogen-bond donors (Lipinski definition) is 0. The predicted molar refractivity (Wildman–Crippen MR) is 75.5 cm³/mol. The highest BCUT2D eigenvalue weighted by Crippen LogP contribution is 2.23. The Balaban J connectivity index is 1.64. The summed E-state index contributed by atoms with van der Waals surface area (Å²) < 4.78 is 5.74. The third-order valence-corrected chi connectivity index (χ3v) is 4.20. The van der Waals surface area contributed by atoms with E-state index in [4.69, 9.17) is 14.5 Å². The molecule has 2 heterocycles. The molecule has 0 N–H and O–H groups in total. The monoisotopic (exact) mass is 270 g/mol. The summed E-state index contributed by atoms with van der Waals surface area (Å²) in [5, 5.41) is 0. The standard InChI is InChI=1S/C16H30O3/c1-2-4-6-8-10-12-14-16-17-15(18-19-16)13-11-9-7-5-3-1/h15-16H,1-14H2/t15-,16-/m0/s1. The van der Waals surface area contributed by atoms with Gasteiger partial charge in [-0.05, 0) is 12.8 Å². The van der Waals surface area contributed by atoms with Crippen LogP contribution in [-0.2, 0) is 14.5 Å². The van der Waals surface area contributed by atoms with E-state index < -0.39 is 0 Å². The van der Waals surface area contributed by atoms with Gasteiger partial charge in [0, 0.05) is 12.8 Å². The Labute approximate surface area is 117 Å². The van der Waals surface area contributed by atoms with Crippen LogP contribution in [0.1, 0.15) is 89.9 Å². The van der Waals surface area contributed by atoms with Gasteiger partial charge in [0.2, 0.25) is 0 Å². The first-order valence-corrected chi connectivity index (χ1v) is 8.43. The van der Waals surface area contributed by atoms with Crippen molar-refractivity contribution in [3.63, 3.8) is 0 Å². The lowest BCUT2D eigenvalue weighted by atomic mass is 10.0. The van der Waals surface area contributed by atoms with Gasteiger partial charge in [-0.15, -0.1) is 0 Å². The molecule has 2 atom stereocenters. The fourth-order valence-electron chi connectivity index (χ4n) is 2.96. The molecule has 2 aliphatic rings. The second kappa shape index (κ2) is 9.73. The Morgan fingerprint density at radius 2 is 0.737 bits per heavy atom. The molecule has 2 aliphatic heterocycles. The Hall–Kier alpha value is -0.120. The zero-order valence-electron chi connectivity index (χ0n) is 12.3. The van der Waals surface area contributed by atoms with E-state index in [1.807, 2.05) is 0 Å². The largest absolute Gasteiger partial charge is 0.318 e. The first kappa shape index (κ1) is 15.3. The Kier molecular flexibility index (Phi) is 7.82. The van der Waals surface area contributed by atoms with Crippen LogP contribution in [0.4, 0.5) is 0 Å². The third kappa shape index (κ3) is 6.73. The minimum Gasteiger partial charge on any atom is -0.318 e. The SMILES string of the molecule is C1CCCCCCC[C@@H]2OO[C@@H](CCCCCC1)O2. The molecule has 2 saturated heterocycles. The van der Waals surface area contributed by atoms with Crippen molar-refractivity contribution in [3.05, 3.63) is 0 Å². The van der Waals surface area contributed by atoms with Crippen molar-refractivity contribution in [2.75, 3.05) is 0 Å². The quantitative estimate of drug-likeness (QED) is 0.574. The summed E-state index contributed by atoms with van der Waals surface area (Å²) in [7, 11) is 0. The van der Waals surface area contributed by atoms with Crippen molar-refractivity contribution >= 4 is 0 Å². The van der Waals surface area contributed by atoms with Crippen molar-refractivity contribution in [2.24, 2.45) is 0 Å². The van der Waals surface area contributed by atoms with Gasteiger partial charge < -0.3 is 4.74 Å². The van der Waals surface area contributed by atoms with E-state index in [0.29, 0.717) is 0 Å². The topological polar surface area (TPSA) is 27.7 Å². The summed E-state index contributed by atoms with van der Waals surface area (Å²) in [5.41, 5.74) is 0. The lowest BCUT2D eigenvalue weighted by Crippen LogP contribution is -2.11. The van der Waals surface area contributed by atoms with Crippen molar-refractivity contribution < 1.29 is 14.5 Å². The molecule has 0 aromatic heterocycles.